The highest BCUT2D eigenvalue weighted by Crippen LogP contribution is 2.29. The van der Waals surface area contributed by atoms with E-state index in [-0.39, 0.29) is 17.8 Å². The lowest BCUT2D eigenvalue weighted by atomic mass is 9.93. The molecule has 3 heteroatoms. The lowest BCUT2D eigenvalue weighted by Crippen LogP contribution is -2.48. The zero-order valence-electron chi connectivity index (χ0n) is 8.54. The molecule has 0 aromatic heterocycles. The molecular formula is C10H18O3. The van der Waals surface area contributed by atoms with E-state index < -0.39 is 5.79 Å². The SMILES string of the molecule is CC1CCCC(O)(C(=O)C(C)C)O1. The largest absolute Gasteiger partial charge is 0.360 e. The Balaban J connectivity index is 2.68. The fourth-order valence-corrected chi connectivity index (χ4v) is 1.71. The van der Waals surface area contributed by atoms with E-state index in [1.807, 2.05) is 6.92 Å². The molecule has 2 unspecified atom stereocenters. The number of hydrogen-bond donors (Lipinski definition) is 1. The Labute approximate surface area is 79.1 Å². The lowest BCUT2D eigenvalue weighted by molar-refractivity contribution is -0.240. The van der Waals surface area contributed by atoms with Gasteiger partial charge in [-0.25, -0.2) is 0 Å². The van der Waals surface area contributed by atoms with Gasteiger partial charge in [0.25, 0.3) is 0 Å². The molecule has 2 atom stereocenters. The fourth-order valence-electron chi connectivity index (χ4n) is 1.71. The molecule has 76 valence electrons. The standard InChI is InChI=1S/C10H18O3/c1-7(2)9(11)10(12)6-4-5-8(3)13-10/h7-8,12H,4-6H2,1-3H3. The second kappa shape index (κ2) is 3.76. The molecule has 0 spiro atoms. The number of ether oxygens (including phenoxy) is 1. The van der Waals surface area contributed by atoms with E-state index in [1.54, 1.807) is 13.8 Å². The minimum absolute atomic E-state index is 0.0125. The van der Waals surface area contributed by atoms with Crippen molar-refractivity contribution in [1.82, 2.24) is 0 Å². The monoisotopic (exact) mass is 186 g/mol. The maximum atomic E-state index is 11.6. The van der Waals surface area contributed by atoms with Crippen molar-refractivity contribution in [3.63, 3.8) is 0 Å². The van der Waals surface area contributed by atoms with Gasteiger partial charge in [0.2, 0.25) is 5.79 Å². The van der Waals surface area contributed by atoms with Gasteiger partial charge in [-0.1, -0.05) is 13.8 Å². The van der Waals surface area contributed by atoms with Gasteiger partial charge in [0.15, 0.2) is 5.78 Å². The number of ketones is 1. The molecule has 1 aliphatic rings. The maximum Gasteiger partial charge on any atom is 0.226 e. The van der Waals surface area contributed by atoms with Gasteiger partial charge < -0.3 is 9.84 Å². The predicted molar refractivity (Wildman–Crippen MR) is 49.2 cm³/mol. The third-order valence-electron chi connectivity index (χ3n) is 2.43. The van der Waals surface area contributed by atoms with Crippen LogP contribution in [0.1, 0.15) is 40.0 Å². The molecule has 1 fully saturated rings. The zero-order chi connectivity index (χ0) is 10.1. The summed E-state index contributed by atoms with van der Waals surface area (Å²) in [6.07, 6.45) is 2.21. The van der Waals surface area contributed by atoms with Crippen LogP contribution >= 0.6 is 0 Å². The van der Waals surface area contributed by atoms with Gasteiger partial charge >= 0.3 is 0 Å². The number of carbonyl (C=O) groups is 1. The summed E-state index contributed by atoms with van der Waals surface area (Å²) in [5, 5.41) is 9.91. The molecule has 3 nitrogen and oxygen atoms in total. The smallest absolute Gasteiger partial charge is 0.226 e. The van der Waals surface area contributed by atoms with E-state index in [0.29, 0.717) is 6.42 Å². The first-order valence-corrected chi connectivity index (χ1v) is 4.90. The van der Waals surface area contributed by atoms with Crippen LogP contribution in [0.5, 0.6) is 0 Å². The Hall–Kier alpha value is -0.410. The third kappa shape index (κ3) is 2.29. The Kier molecular flexibility index (Phi) is 3.09. The molecule has 1 heterocycles. The molecule has 0 amide bonds. The number of carbonyl (C=O) groups excluding carboxylic acids is 1. The van der Waals surface area contributed by atoms with Gasteiger partial charge in [0.05, 0.1) is 6.10 Å². The van der Waals surface area contributed by atoms with E-state index in [1.165, 1.54) is 0 Å². The van der Waals surface area contributed by atoms with Gasteiger partial charge in [-0.05, 0) is 19.8 Å². The molecule has 0 aliphatic carbocycles. The topological polar surface area (TPSA) is 46.5 Å². The molecule has 1 saturated heterocycles. The summed E-state index contributed by atoms with van der Waals surface area (Å²) in [4.78, 5) is 11.6. The van der Waals surface area contributed by atoms with E-state index in [0.717, 1.165) is 12.8 Å². The highest BCUT2D eigenvalue weighted by molar-refractivity contribution is 5.87. The molecule has 0 aromatic carbocycles. The van der Waals surface area contributed by atoms with Gasteiger partial charge in [-0.15, -0.1) is 0 Å². The summed E-state index contributed by atoms with van der Waals surface area (Å²) >= 11 is 0. The van der Waals surface area contributed by atoms with Crippen LogP contribution < -0.4 is 0 Å². The van der Waals surface area contributed by atoms with Crippen LogP contribution in [0, 0.1) is 5.92 Å². The molecule has 13 heavy (non-hydrogen) atoms. The average Bonchev–Trinajstić information content (AvgIpc) is 2.02. The molecule has 0 saturated carbocycles. The van der Waals surface area contributed by atoms with Crippen molar-refractivity contribution in [3.05, 3.63) is 0 Å². The minimum Gasteiger partial charge on any atom is -0.360 e. The number of hydrogen-bond acceptors (Lipinski definition) is 3. The van der Waals surface area contributed by atoms with Crippen molar-refractivity contribution < 1.29 is 14.6 Å². The first-order valence-electron chi connectivity index (χ1n) is 4.90. The zero-order valence-corrected chi connectivity index (χ0v) is 8.54. The Morgan fingerprint density at radius 3 is 2.69 bits per heavy atom. The molecule has 0 radical (unpaired) electrons. The van der Waals surface area contributed by atoms with Crippen LogP contribution in [-0.4, -0.2) is 22.8 Å². The van der Waals surface area contributed by atoms with Crippen molar-refractivity contribution in [2.75, 3.05) is 0 Å². The summed E-state index contributed by atoms with van der Waals surface area (Å²) in [7, 11) is 0. The molecule has 1 N–H and O–H groups in total. The number of Topliss-reactive ketones (excluding diaryl/α,β-unsaturated/α-hetero) is 1. The van der Waals surface area contributed by atoms with Gasteiger partial charge in [-0.3, -0.25) is 4.79 Å². The van der Waals surface area contributed by atoms with Gasteiger partial charge in [0.1, 0.15) is 0 Å². The normalized spacial score (nSPS) is 35.0. The van der Waals surface area contributed by atoms with Crippen LogP contribution in [0.15, 0.2) is 0 Å². The summed E-state index contributed by atoms with van der Waals surface area (Å²) in [5.74, 6) is -1.87. The molecule has 1 rings (SSSR count). The highest BCUT2D eigenvalue weighted by atomic mass is 16.6. The van der Waals surface area contributed by atoms with Crippen LogP contribution in [-0.2, 0) is 9.53 Å². The molecule has 0 bridgehead atoms. The van der Waals surface area contributed by atoms with Gasteiger partial charge in [0, 0.05) is 12.3 Å². The molecular weight excluding hydrogens is 168 g/mol. The van der Waals surface area contributed by atoms with Crippen molar-refractivity contribution >= 4 is 5.78 Å². The first kappa shape index (κ1) is 10.7. The number of aliphatic hydroxyl groups is 1. The van der Waals surface area contributed by atoms with E-state index in [4.69, 9.17) is 4.74 Å². The number of rotatable bonds is 2. The second-order valence-electron chi connectivity index (χ2n) is 4.12. The van der Waals surface area contributed by atoms with Crippen LogP contribution in [0.4, 0.5) is 0 Å². The Bertz CT molecular complexity index is 200. The van der Waals surface area contributed by atoms with E-state index in [2.05, 4.69) is 0 Å². The van der Waals surface area contributed by atoms with Crippen LogP contribution in [0.2, 0.25) is 0 Å². The van der Waals surface area contributed by atoms with Crippen molar-refractivity contribution in [2.24, 2.45) is 5.92 Å². The average molecular weight is 186 g/mol. The fraction of sp³-hybridized carbons (Fsp3) is 0.900. The van der Waals surface area contributed by atoms with E-state index >= 15 is 0 Å². The summed E-state index contributed by atoms with van der Waals surface area (Å²) < 4.78 is 5.30. The van der Waals surface area contributed by atoms with Crippen molar-refractivity contribution in [3.8, 4) is 0 Å². The maximum absolute atomic E-state index is 11.6. The Morgan fingerprint density at radius 1 is 1.62 bits per heavy atom. The van der Waals surface area contributed by atoms with Crippen LogP contribution in [0.25, 0.3) is 0 Å². The predicted octanol–water partition coefficient (Wildman–Crippen LogP) is 1.49. The first-order chi connectivity index (χ1) is 5.96. The minimum atomic E-state index is -1.51. The summed E-state index contributed by atoms with van der Waals surface area (Å²) in [6.45, 7) is 5.45. The quantitative estimate of drug-likeness (QED) is 0.710. The second-order valence-corrected chi connectivity index (χ2v) is 4.12. The van der Waals surface area contributed by atoms with Crippen molar-refractivity contribution in [1.29, 1.82) is 0 Å². The summed E-state index contributed by atoms with van der Waals surface area (Å²) in [6, 6.07) is 0. The molecule has 1 aliphatic heterocycles. The summed E-state index contributed by atoms with van der Waals surface area (Å²) in [5.41, 5.74) is 0. The van der Waals surface area contributed by atoms with E-state index in [9.17, 15) is 9.90 Å². The third-order valence-corrected chi connectivity index (χ3v) is 2.43. The Morgan fingerprint density at radius 2 is 2.23 bits per heavy atom. The highest BCUT2D eigenvalue weighted by Gasteiger charge is 2.41. The van der Waals surface area contributed by atoms with Gasteiger partial charge in [-0.2, -0.15) is 0 Å². The molecule has 0 aromatic rings. The van der Waals surface area contributed by atoms with Crippen LogP contribution in [0.3, 0.4) is 0 Å². The van der Waals surface area contributed by atoms with Crippen molar-refractivity contribution in [2.45, 2.75) is 51.9 Å². The lowest BCUT2D eigenvalue weighted by Gasteiger charge is -2.35.